The number of hydrogen-bond donors (Lipinski definition) is 1. The molecule has 0 spiro atoms. The lowest BCUT2D eigenvalue weighted by Gasteiger charge is -2.69. The normalized spacial score (nSPS) is 31.8. The third kappa shape index (κ3) is 2.41. The number of hydroxylamine groups is 2. The maximum Gasteiger partial charge on any atom is 0.408 e. The zero-order chi connectivity index (χ0) is 14.5. The molecule has 0 aromatic heterocycles. The van der Waals surface area contributed by atoms with E-state index < -0.39 is 11.7 Å². The molecular formula is C13H22N2O4. The lowest BCUT2D eigenvalue weighted by Crippen LogP contribution is -2.78. The third-order valence-corrected chi connectivity index (χ3v) is 3.81. The van der Waals surface area contributed by atoms with Crippen LogP contribution in [0.15, 0.2) is 0 Å². The number of carbonyl (C=O) groups is 2. The Kier molecular flexibility index (Phi) is 3.04. The summed E-state index contributed by atoms with van der Waals surface area (Å²) in [5.74, 6) is -0.0112. The molecule has 0 aliphatic heterocycles. The molecule has 2 amide bonds. The van der Waals surface area contributed by atoms with Crippen LogP contribution in [0, 0.1) is 5.41 Å². The highest BCUT2D eigenvalue weighted by Gasteiger charge is 2.73. The van der Waals surface area contributed by atoms with Crippen molar-refractivity contribution in [1.29, 1.82) is 0 Å². The van der Waals surface area contributed by atoms with Crippen LogP contribution in [0.3, 0.4) is 0 Å². The van der Waals surface area contributed by atoms with E-state index in [0.717, 1.165) is 0 Å². The summed E-state index contributed by atoms with van der Waals surface area (Å²) in [6.45, 7) is 5.48. The maximum atomic E-state index is 12.0. The molecule has 3 aliphatic carbocycles. The minimum absolute atomic E-state index is 0.0112. The Hall–Kier alpha value is -1.30. The molecule has 6 nitrogen and oxygen atoms in total. The van der Waals surface area contributed by atoms with Gasteiger partial charge >= 0.3 is 6.09 Å². The fourth-order valence-corrected chi connectivity index (χ4v) is 3.08. The van der Waals surface area contributed by atoms with Crippen LogP contribution in [-0.2, 0) is 14.4 Å². The highest BCUT2D eigenvalue weighted by atomic mass is 16.7. The average molecular weight is 270 g/mol. The van der Waals surface area contributed by atoms with Gasteiger partial charge in [0, 0.05) is 12.6 Å². The fraction of sp³-hybridized carbons (Fsp3) is 0.846. The summed E-state index contributed by atoms with van der Waals surface area (Å²) in [6, 6.07) is 0. The molecule has 3 fully saturated rings. The molecule has 0 radical (unpaired) electrons. The first-order chi connectivity index (χ1) is 8.61. The molecule has 1 N–H and O–H groups in total. The lowest BCUT2D eigenvalue weighted by atomic mass is 9.39. The monoisotopic (exact) mass is 270 g/mol. The Labute approximate surface area is 113 Å². The number of amides is 2. The Morgan fingerprint density at radius 1 is 1.21 bits per heavy atom. The van der Waals surface area contributed by atoms with Crippen molar-refractivity contribution >= 4 is 12.0 Å². The van der Waals surface area contributed by atoms with E-state index in [9.17, 15) is 9.59 Å². The van der Waals surface area contributed by atoms with Crippen molar-refractivity contribution in [2.24, 2.45) is 5.41 Å². The van der Waals surface area contributed by atoms with Gasteiger partial charge in [0.1, 0.15) is 5.60 Å². The first-order valence-electron chi connectivity index (χ1n) is 6.45. The van der Waals surface area contributed by atoms with Gasteiger partial charge in [0.2, 0.25) is 0 Å². The van der Waals surface area contributed by atoms with E-state index >= 15 is 0 Å². The van der Waals surface area contributed by atoms with Gasteiger partial charge in [0.05, 0.1) is 12.5 Å². The van der Waals surface area contributed by atoms with Crippen molar-refractivity contribution in [2.75, 3.05) is 14.2 Å². The molecule has 0 unspecified atom stereocenters. The molecule has 6 heteroatoms. The number of nitrogens with zero attached hydrogens (tertiary/aromatic N) is 1. The number of alkyl carbamates (subject to hydrolysis) is 1. The second-order valence-corrected chi connectivity index (χ2v) is 6.70. The molecule has 0 heterocycles. The van der Waals surface area contributed by atoms with Crippen LogP contribution in [0.2, 0.25) is 0 Å². The predicted molar refractivity (Wildman–Crippen MR) is 68.2 cm³/mol. The van der Waals surface area contributed by atoms with E-state index in [1.165, 1.54) is 12.2 Å². The summed E-state index contributed by atoms with van der Waals surface area (Å²) in [6.07, 6.45) is 1.61. The lowest BCUT2D eigenvalue weighted by molar-refractivity contribution is -0.219. The molecule has 108 valence electrons. The fourth-order valence-electron chi connectivity index (χ4n) is 3.08. The molecule has 3 aliphatic rings. The molecule has 0 aromatic rings. The van der Waals surface area contributed by atoms with Crippen molar-refractivity contribution in [3.8, 4) is 0 Å². The summed E-state index contributed by atoms with van der Waals surface area (Å²) in [5.41, 5.74) is -1.08. The molecule has 19 heavy (non-hydrogen) atoms. The first-order valence-corrected chi connectivity index (χ1v) is 6.45. The third-order valence-electron chi connectivity index (χ3n) is 3.81. The molecule has 0 saturated heterocycles. The summed E-state index contributed by atoms with van der Waals surface area (Å²) >= 11 is 0. The zero-order valence-corrected chi connectivity index (χ0v) is 12.2. The van der Waals surface area contributed by atoms with Crippen molar-refractivity contribution in [3.63, 3.8) is 0 Å². The van der Waals surface area contributed by atoms with Gasteiger partial charge in [-0.2, -0.15) is 0 Å². The zero-order valence-electron chi connectivity index (χ0n) is 12.2. The Bertz CT molecular complexity index is 394. The average Bonchev–Trinajstić information content (AvgIpc) is 2.16. The summed E-state index contributed by atoms with van der Waals surface area (Å²) in [5, 5.41) is 4.14. The van der Waals surface area contributed by atoms with E-state index in [2.05, 4.69) is 5.32 Å². The Morgan fingerprint density at radius 3 is 2.16 bits per heavy atom. The minimum atomic E-state index is -0.503. The van der Waals surface area contributed by atoms with Crippen LogP contribution < -0.4 is 5.32 Å². The summed E-state index contributed by atoms with van der Waals surface area (Å²) < 4.78 is 5.23. The van der Waals surface area contributed by atoms with Gasteiger partial charge in [-0.3, -0.25) is 9.63 Å². The van der Waals surface area contributed by atoms with E-state index in [0.29, 0.717) is 19.3 Å². The van der Waals surface area contributed by atoms with Crippen LogP contribution in [-0.4, -0.2) is 42.4 Å². The van der Waals surface area contributed by atoms with Crippen LogP contribution in [0.1, 0.15) is 40.0 Å². The van der Waals surface area contributed by atoms with Crippen molar-refractivity contribution in [3.05, 3.63) is 0 Å². The van der Waals surface area contributed by atoms with E-state index in [1.807, 2.05) is 20.8 Å². The SMILES string of the molecule is CON(C)C(=O)C12CC(NC(=O)OC(C)(C)C)(C1)C2. The molecule has 0 atom stereocenters. The Balaban J connectivity index is 1.84. The number of carbonyl (C=O) groups excluding carboxylic acids is 2. The first kappa shape index (κ1) is 14.1. The number of hydrogen-bond acceptors (Lipinski definition) is 4. The highest BCUT2D eigenvalue weighted by molar-refractivity contribution is 5.87. The van der Waals surface area contributed by atoms with Gasteiger partial charge in [-0.15, -0.1) is 0 Å². The van der Waals surface area contributed by atoms with Crippen LogP contribution in [0.25, 0.3) is 0 Å². The summed E-state index contributed by atoms with van der Waals surface area (Å²) in [4.78, 5) is 28.6. The molecule has 0 aromatic carbocycles. The molecular weight excluding hydrogens is 248 g/mol. The van der Waals surface area contributed by atoms with Crippen molar-refractivity contribution < 1.29 is 19.2 Å². The second kappa shape index (κ2) is 4.10. The number of rotatable bonds is 3. The standard InChI is InChI=1S/C13H22N2O4/c1-11(2,3)19-10(17)14-13-6-12(7-13,8-13)9(16)15(4)18-5/h6-8H2,1-5H3,(H,14,17). The largest absolute Gasteiger partial charge is 0.444 e. The van der Waals surface area contributed by atoms with Crippen LogP contribution in [0.5, 0.6) is 0 Å². The van der Waals surface area contributed by atoms with E-state index in [4.69, 9.17) is 9.57 Å². The smallest absolute Gasteiger partial charge is 0.408 e. The summed E-state index contributed by atoms with van der Waals surface area (Å²) in [7, 11) is 3.08. The van der Waals surface area contributed by atoms with Gasteiger partial charge in [-0.25, -0.2) is 9.86 Å². The molecule has 3 saturated carbocycles. The minimum Gasteiger partial charge on any atom is -0.444 e. The number of nitrogens with one attached hydrogen (secondary N) is 1. The highest BCUT2D eigenvalue weighted by Crippen LogP contribution is 2.67. The van der Waals surface area contributed by atoms with Gasteiger partial charge in [-0.1, -0.05) is 0 Å². The van der Waals surface area contributed by atoms with Crippen LogP contribution >= 0.6 is 0 Å². The quantitative estimate of drug-likeness (QED) is 0.788. The van der Waals surface area contributed by atoms with Gasteiger partial charge < -0.3 is 10.1 Å². The molecule has 2 bridgehead atoms. The number of ether oxygens (including phenoxy) is 1. The topological polar surface area (TPSA) is 67.9 Å². The second-order valence-electron chi connectivity index (χ2n) is 6.70. The van der Waals surface area contributed by atoms with E-state index in [1.54, 1.807) is 7.05 Å². The van der Waals surface area contributed by atoms with E-state index in [-0.39, 0.29) is 16.9 Å². The van der Waals surface area contributed by atoms with Crippen molar-refractivity contribution in [1.82, 2.24) is 10.4 Å². The molecule has 3 rings (SSSR count). The van der Waals surface area contributed by atoms with Gasteiger partial charge in [0.15, 0.2) is 0 Å². The maximum absolute atomic E-state index is 12.0. The predicted octanol–water partition coefficient (Wildman–Crippen LogP) is 1.45. The Morgan fingerprint density at radius 2 is 1.74 bits per heavy atom. The van der Waals surface area contributed by atoms with Gasteiger partial charge in [-0.05, 0) is 40.0 Å². The van der Waals surface area contributed by atoms with Crippen molar-refractivity contribution in [2.45, 2.75) is 51.2 Å². The van der Waals surface area contributed by atoms with Crippen LogP contribution in [0.4, 0.5) is 4.79 Å². The van der Waals surface area contributed by atoms with Gasteiger partial charge in [0.25, 0.3) is 5.91 Å².